The average Bonchev–Trinajstić information content (AvgIpc) is 2.36. The van der Waals surface area contributed by atoms with Crippen LogP contribution in [0.5, 0.6) is 0 Å². The van der Waals surface area contributed by atoms with Crippen molar-refractivity contribution in [3.05, 3.63) is 0 Å². The molecule has 6 nitrogen and oxygen atoms in total. The van der Waals surface area contributed by atoms with Crippen molar-refractivity contribution in [1.29, 1.82) is 0 Å². The van der Waals surface area contributed by atoms with E-state index in [1.54, 1.807) is 0 Å². The Hall–Kier alpha value is -0.210. The second-order valence-corrected chi connectivity index (χ2v) is 8.31. The molecule has 126 valence electrons. The summed E-state index contributed by atoms with van der Waals surface area (Å²) in [5.74, 6) is 0.424. The lowest BCUT2D eigenvalue weighted by atomic mass is 10.0. The molecule has 0 saturated carbocycles. The summed E-state index contributed by atoms with van der Waals surface area (Å²) in [6.07, 6.45) is 3.37. The maximum Gasteiger partial charge on any atom is 0.280 e. The molecule has 2 atom stereocenters. The summed E-state index contributed by atoms with van der Waals surface area (Å²) < 4.78 is 29.5. The minimum atomic E-state index is -3.54. The Morgan fingerprint density at radius 1 is 1.33 bits per heavy atom. The fraction of sp³-hybridized carbons (Fsp3) is 1.00. The number of piperidine rings is 1. The van der Waals surface area contributed by atoms with Crippen LogP contribution in [-0.2, 0) is 10.2 Å². The predicted molar refractivity (Wildman–Crippen MR) is 85.3 cm³/mol. The second kappa shape index (κ2) is 8.43. The van der Waals surface area contributed by atoms with E-state index in [0.717, 1.165) is 25.7 Å². The summed E-state index contributed by atoms with van der Waals surface area (Å²) >= 11 is 0. The van der Waals surface area contributed by atoms with E-state index in [0.29, 0.717) is 19.0 Å². The zero-order valence-corrected chi connectivity index (χ0v) is 14.6. The number of aliphatic hydroxyl groups excluding tert-OH is 1. The third-order valence-corrected chi connectivity index (χ3v) is 5.48. The van der Waals surface area contributed by atoms with Crippen LogP contribution < -0.4 is 4.72 Å². The molecule has 1 aliphatic heterocycles. The molecular weight excluding hydrogens is 290 g/mol. The van der Waals surface area contributed by atoms with E-state index in [1.165, 1.54) is 4.31 Å². The highest BCUT2D eigenvalue weighted by atomic mass is 32.2. The van der Waals surface area contributed by atoms with Crippen LogP contribution >= 0.6 is 0 Å². The number of nitrogens with zero attached hydrogens (tertiary/aromatic N) is 2. The van der Waals surface area contributed by atoms with Gasteiger partial charge in [0.2, 0.25) is 0 Å². The van der Waals surface area contributed by atoms with Crippen LogP contribution in [-0.4, -0.2) is 68.6 Å². The first kappa shape index (κ1) is 18.8. The molecule has 0 aromatic rings. The number of nitrogens with one attached hydrogen (secondary N) is 1. The smallest absolute Gasteiger partial charge is 0.280 e. The third kappa shape index (κ3) is 6.20. The van der Waals surface area contributed by atoms with E-state index in [-0.39, 0.29) is 18.7 Å². The SMILES string of the molecule is CC(C)CC(CN(C)C)NS(=O)(=O)N1CCCCC1CO. The molecule has 0 bridgehead atoms. The molecule has 0 aromatic carbocycles. The topological polar surface area (TPSA) is 72.9 Å². The van der Waals surface area contributed by atoms with Gasteiger partial charge in [-0.25, -0.2) is 0 Å². The van der Waals surface area contributed by atoms with Crippen molar-refractivity contribution in [1.82, 2.24) is 13.9 Å². The lowest BCUT2D eigenvalue weighted by Gasteiger charge is -2.35. The number of rotatable bonds is 8. The van der Waals surface area contributed by atoms with Gasteiger partial charge in [-0.2, -0.15) is 17.4 Å². The fourth-order valence-electron chi connectivity index (χ4n) is 2.92. The van der Waals surface area contributed by atoms with Crippen molar-refractivity contribution >= 4 is 10.2 Å². The Bertz CT molecular complexity index is 388. The van der Waals surface area contributed by atoms with Gasteiger partial charge >= 0.3 is 0 Å². The number of hydrogen-bond donors (Lipinski definition) is 2. The third-order valence-electron chi connectivity index (χ3n) is 3.75. The van der Waals surface area contributed by atoms with Crippen molar-refractivity contribution in [3.8, 4) is 0 Å². The quantitative estimate of drug-likeness (QED) is 0.688. The first-order valence-corrected chi connectivity index (χ1v) is 9.25. The summed E-state index contributed by atoms with van der Waals surface area (Å²) in [6.45, 7) is 5.25. The summed E-state index contributed by atoms with van der Waals surface area (Å²) in [5, 5.41) is 9.41. The normalized spacial score (nSPS) is 22.9. The molecular formula is C14H31N3O3S. The zero-order valence-electron chi connectivity index (χ0n) is 13.7. The second-order valence-electron chi connectivity index (χ2n) is 6.65. The molecule has 0 aliphatic carbocycles. The molecule has 0 aromatic heterocycles. The van der Waals surface area contributed by atoms with Gasteiger partial charge in [-0.15, -0.1) is 0 Å². The number of hydrogen-bond acceptors (Lipinski definition) is 4. The van der Waals surface area contributed by atoms with Crippen molar-refractivity contribution < 1.29 is 13.5 Å². The van der Waals surface area contributed by atoms with E-state index in [1.807, 2.05) is 19.0 Å². The molecule has 7 heteroatoms. The average molecular weight is 321 g/mol. The largest absolute Gasteiger partial charge is 0.395 e. The van der Waals surface area contributed by atoms with E-state index in [9.17, 15) is 13.5 Å². The molecule has 1 aliphatic rings. The summed E-state index contributed by atoms with van der Waals surface area (Å²) in [7, 11) is 0.349. The standard InChI is InChI=1S/C14H31N3O3S/c1-12(2)9-13(10-16(3)4)15-21(19,20)17-8-6-5-7-14(17)11-18/h12-15,18H,5-11H2,1-4H3. The lowest BCUT2D eigenvalue weighted by molar-refractivity contribution is 0.153. The Kier molecular flexibility index (Phi) is 7.56. The summed E-state index contributed by atoms with van der Waals surface area (Å²) in [4.78, 5) is 2.00. The number of aliphatic hydroxyl groups is 1. The molecule has 1 heterocycles. The van der Waals surface area contributed by atoms with Crippen LogP contribution in [0, 0.1) is 5.92 Å². The van der Waals surface area contributed by atoms with Gasteiger partial charge in [0.15, 0.2) is 0 Å². The van der Waals surface area contributed by atoms with Gasteiger partial charge in [-0.05, 0) is 39.3 Å². The molecule has 0 amide bonds. The van der Waals surface area contributed by atoms with Gasteiger partial charge in [-0.1, -0.05) is 20.3 Å². The minimum Gasteiger partial charge on any atom is -0.395 e. The van der Waals surface area contributed by atoms with Crippen molar-refractivity contribution in [2.75, 3.05) is 33.8 Å². The zero-order chi connectivity index (χ0) is 16.0. The predicted octanol–water partition coefficient (Wildman–Crippen LogP) is 0.644. The van der Waals surface area contributed by atoms with Crippen LogP contribution in [0.15, 0.2) is 0 Å². The number of likely N-dealkylation sites (N-methyl/N-ethyl adjacent to an activating group) is 1. The minimum absolute atomic E-state index is 0.105. The fourth-order valence-corrected chi connectivity index (χ4v) is 4.58. The van der Waals surface area contributed by atoms with E-state index in [4.69, 9.17) is 0 Å². The molecule has 2 N–H and O–H groups in total. The monoisotopic (exact) mass is 321 g/mol. The molecule has 1 rings (SSSR count). The van der Waals surface area contributed by atoms with Crippen molar-refractivity contribution in [2.45, 2.75) is 51.6 Å². The Morgan fingerprint density at radius 2 is 2.00 bits per heavy atom. The summed E-state index contributed by atoms with van der Waals surface area (Å²) in [5.41, 5.74) is 0. The first-order valence-electron chi connectivity index (χ1n) is 7.81. The highest BCUT2D eigenvalue weighted by Crippen LogP contribution is 2.20. The molecule has 1 fully saturated rings. The maximum absolute atomic E-state index is 12.6. The van der Waals surface area contributed by atoms with Gasteiger partial charge in [0, 0.05) is 25.2 Å². The van der Waals surface area contributed by atoms with E-state index in [2.05, 4.69) is 18.6 Å². The molecule has 1 saturated heterocycles. The van der Waals surface area contributed by atoms with Gasteiger partial charge < -0.3 is 10.0 Å². The van der Waals surface area contributed by atoms with Gasteiger partial charge in [0.1, 0.15) is 0 Å². The Labute approximate surface area is 129 Å². The van der Waals surface area contributed by atoms with Crippen LogP contribution in [0.2, 0.25) is 0 Å². The van der Waals surface area contributed by atoms with E-state index >= 15 is 0 Å². The van der Waals surface area contributed by atoms with E-state index < -0.39 is 10.2 Å². The highest BCUT2D eigenvalue weighted by Gasteiger charge is 2.33. The van der Waals surface area contributed by atoms with Gasteiger partial charge in [-0.3, -0.25) is 0 Å². The highest BCUT2D eigenvalue weighted by molar-refractivity contribution is 7.87. The van der Waals surface area contributed by atoms with Crippen molar-refractivity contribution in [3.63, 3.8) is 0 Å². The van der Waals surface area contributed by atoms with Crippen molar-refractivity contribution in [2.24, 2.45) is 5.92 Å². The van der Waals surface area contributed by atoms with Gasteiger partial charge in [0.05, 0.1) is 6.61 Å². The van der Waals surface area contributed by atoms with Gasteiger partial charge in [0.25, 0.3) is 10.2 Å². The van der Waals surface area contributed by atoms with Crippen LogP contribution in [0.1, 0.15) is 39.5 Å². The van der Waals surface area contributed by atoms with Crippen LogP contribution in [0.3, 0.4) is 0 Å². The molecule has 2 unspecified atom stereocenters. The Morgan fingerprint density at radius 3 is 2.52 bits per heavy atom. The first-order chi connectivity index (χ1) is 9.76. The maximum atomic E-state index is 12.6. The summed E-state index contributed by atoms with van der Waals surface area (Å²) in [6, 6.07) is -0.387. The van der Waals surface area contributed by atoms with Crippen LogP contribution in [0.25, 0.3) is 0 Å². The Balaban J connectivity index is 2.78. The lowest BCUT2D eigenvalue weighted by Crippen LogP contribution is -2.54. The molecule has 0 spiro atoms. The molecule has 21 heavy (non-hydrogen) atoms. The van der Waals surface area contributed by atoms with Crippen LogP contribution in [0.4, 0.5) is 0 Å². The molecule has 0 radical (unpaired) electrons.